The molecule has 0 bridgehead atoms. The number of carbonyl (C=O) groups is 2. The van der Waals surface area contributed by atoms with Gasteiger partial charge in [-0.3, -0.25) is 9.59 Å². The van der Waals surface area contributed by atoms with E-state index >= 15 is 0 Å². The van der Waals surface area contributed by atoms with Crippen LogP contribution in [0.5, 0.6) is 0 Å². The van der Waals surface area contributed by atoms with Crippen molar-refractivity contribution in [2.75, 3.05) is 0 Å². The summed E-state index contributed by atoms with van der Waals surface area (Å²) in [7, 11) is 0. The van der Waals surface area contributed by atoms with Crippen molar-refractivity contribution >= 4 is 11.6 Å². The topological polar surface area (TPSA) is 54.4 Å². The predicted octanol–water partition coefficient (Wildman–Crippen LogP) is 0.948. The van der Waals surface area contributed by atoms with Crippen LogP contribution < -0.4 is 0 Å². The molecule has 1 N–H and O–H groups in total. The second-order valence-electron chi connectivity index (χ2n) is 3.13. The van der Waals surface area contributed by atoms with Crippen LogP contribution in [-0.4, -0.2) is 22.8 Å². The number of hydrogen-bond acceptors (Lipinski definition) is 3. The van der Waals surface area contributed by atoms with Gasteiger partial charge in [0.2, 0.25) is 0 Å². The van der Waals surface area contributed by atoms with Gasteiger partial charge in [0.25, 0.3) is 0 Å². The highest BCUT2D eigenvalue weighted by Gasteiger charge is 2.18. The fourth-order valence-electron chi connectivity index (χ4n) is 1.08. The Morgan fingerprint density at radius 1 is 1.36 bits per heavy atom. The van der Waals surface area contributed by atoms with Crippen molar-refractivity contribution in [2.24, 2.45) is 0 Å². The normalized spacial score (nSPS) is 28.6. The molecule has 0 heterocycles. The molecule has 0 aromatic rings. The summed E-state index contributed by atoms with van der Waals surface area (Å²) in [5.41, 5.74) is 0.309. The highest BCUT2D eigenvalue weighted by atomic mass is 16.3. The van der Waals surface area contributed by atoms with Crippen molar-refractivity contribution in [2.45, 2.75) is 18.9 Å². The van der Waals surface area contributed by atoms with E-state index in [0.29, 0.717) is 5.57 Å². The number of carbonyl (C=O) groups excluding carboxylic acids is 2. The van der Waals surface area contributed by atoms with Gasteiger partial charge >= 0.3 is 0 Å². The molecule has 1 rings (SSSR count). The van der Waals surface area contributed by atoms with E-state index in [4.69, 9.17) is 0 Å². The fourth-order valence-corrected chi connectivity index (χ4v) is 1.08. The van der Waals surface area contributed by atoms with Gasteiger partial charge in [-0.2, -0.15) is 0 Å². The third-order valence-corrected chi connectivity index (χ3v) is 1.97. The van der Waals surface area contributed by atoms with E-state index in [1.807, 2.05) is 0 Å². The van der Waals surface area contributed by atoms with Gasteiger partial charge in [-0.15, -0.1) is 0 Å². The summed E-state index contributed by atoms with van der Waals surface area (Å²) in [4.78, 5) is 22.5. The highest BCUT2D eigenvalue weighted by molar-refractivity contribution is 6.00. The Bertz CT molecular complexity index is 323. The van der Waals surface area contributed by atoms with Crippen molar-refractivity contribution in [3.63, 3.8) is 0 Å². The number of Topliss-reactive ketones (excluding diaryl/α,β-unsaturated/α-hetero) is 2. The Morgan fingerprint density at radius 3 is 2.79 bits per heavy atom. The smallest absolute Gasteiger partial charge is 0.165 e. The molecule has 1 unspecified atom stereocenters. The summed E-state index contributed by atoms with van der Waals surface area (Å²) in [5.74, 6) is -0.630. The number of aliphatic hydroxyl groups excluding tert-OH is 1. The average Bonchev–Trinajstić information content (AvgIpc) is 2.15. The summed E-state index contributed by atoms with van der Waals surface area (Å²) in [6.07, 6.45) is 5.32. The monoisotopic (exact) mass is 192 g/mol. The molecule has 0 saturated heterocycles. The van der Waals surface area contributed by atoms with E-state index in [1.165, 1.54) is 0 Å². The maximum Gasteiger partial charge on any atom is 0.165 e. The van der Waals surface area contributed by atoms with Crippen molar-refractivity contribution in [1.82, 2.24) is 0 Å². The van der Waals surface area contributed by atoms with Crippen LogP contribution >= 0.6 is 0 Å². The molecule has 74 valence electrons. The minimum Gasteiger partial charge on any atom is -0.385 e. The van der Waals surface area contributed by atoms with Crippen molar-refractivity contribution < 1.29 is 14.7 Å². The van der Waals surface area contributed by atoms with Crippen molar-refractivity contribution in [3.05, 3.63) is 36.5 Å². The lowest BCUT2D eigenvalue weighted by Gasteiger charge is -2.08. The third-order valence-electron chi connectivity index (χ3n) is 1.97. The zero-order valence-electron chi connectivity index (χ0n) is 7.77. The van der Waals surface area contributed by atoms with E-state index in [1.54, 1.807) is 24.3 Å². The molecule has 0 amide bonds. The molecule has 0 aliphatic heterocycles. The molecule has 0 fully saturated rings. The molecule has 1 aliphatic rings. The lowest BCUT2D eigenvalue weighted by atomic mass is 10.0. The fraction of sp³-hybridized carbons (Fsp3) is 0.273. The van der Waals surface area contributed by atoms with E-state index in [0.717, 1.165) is 0 Å². The molecule has 1 atom stereocenters. The van der Waals surface area contributed by atoms with Crippen LogP contribution in [0.4, 0.5) is 0 Å². The number of allylic oxidation sites excluding steroid dienone is 5. The maximum atomic E-state index is 11.3. The van der Waals surface area contributed by atoms with Gasteiger partial charge in [0.05, 0.1) is 0 Å². The van der Waals surface area contributed by atoms with Crippen LogP contribution in [0.25, 0.3) is 0 Å². The van der Waals surface area contributed by atoms with E-state index in [-0.39, 0.29) is 24.4 Å². The summed E-state index contributed by atoms with van der Waals surface area (Å²) in [6, 6.07) is 0. The zero-order valence-corrected chi connectivity index (χ0v) is 7.77. The van der Waals surface area contributed by atoms with Gasteiger partial charge in [0.1, 0.15) is 6.10 Å². The second kappa shape index (κ2) is 4.67. The van der Waals surface area contributed by atoms with Gasteiger partial charge in [0, 0.05) is 18.4 Å². The van der Waals surface area contributed by atoms with Crippen LogP contribution in [0, 0.1) is 0 Å². The van der Waals surface area contributed by atoms with Gasteiger partial charge in [-0.05, 0) is 0 Å². The minimum absolute atomic E-state index is 0.158. The molecule has 0 spiro atoms. The van der Waals surface area contributed by atoms with Crippen molar-refractivity contribution in [3.8, 4) is 0 Å². The lowest BCUT2D eigenvalue weighted by Crippen LogP contribution is -2.23. The van der Waals surface area contributed by atoms with Crippen LogP contribution in [0.15, 0.2) is 36.5 Å². The van der Waals surface area contributed by atoms with Crippen LogP contribution in [-0.2, 0) is 9.59 Å². The summed E-state index contributed by atoms with van der Waals surface area (Å²) in [5, 5.41) is 9.32. The summed E-state index contributed by atoms with van der Waals surface area (Å²) in [6.45, 7) is 3.54. The number of ketones is 2. The standard InChI is InChI=1S/C11H12O3/c1-8-5-3-2-4-6-9(12)11(14)7-10(8)13/h2-5,11,14H,1,6-7H2/b4-2-,5-3-. The molecule has 0 aromatic carbocycles. The van der Waals surface area contributed by atoms with E-state index in [9.17, 15) is 14.7 Å². The Balaban J connectivity index is 2.85. The predicted molar refractivity (Wildman–Crippen MR) is 52.7 cm³/mol. The van der Waals surface area contributed by atoms with E-state index in [2.05, 4.69) is 6.58 Å². The Hall–Kier alpha value is -1.48. The Morgan fingerprint density at radius 2 is 2.07 bits per heavy atom. The molecule has 14 heavy (non-hydrogen) atoms. The zero-order chi connectivity index (χ0) is 10.6. The molecule has 1 aliphatic carbocycles. The molecule has 3 nitrogen and oxygen atoms in total. The Labute approximate surface area is 82.4 Å². The molecule has 0 radical (unpaired) electrons. The first-order valence-electron chi connectivity index (χ1n) is 4.37. The Kier molecular flexibility index (Phi) is 3.54. The molecule has 0 saturated carbocycles. The summed E-state index contributed by atoms with van der Waals surface area (Å²) >= 11 is 0. The molecule has 0 aromatic heterocycles. The summed E-state index contributed by atoms with van der Waals surface area (Å²) < 4.78 is 0. The van der Waals surface area contributed by atoms with Crippen LogP contribution in [0.2, 0.25) is 0 Å². The average molecular weight is 192 g/mol. The first kappa shape index (κ1) is 10.6. The van der Waals surface area contributed by atoms with Gasteiger partial charge < -0.3 is 5.11 Å². The quantitative estimate of drug-likeness (QED) is 0.581. The largest absolute Gasteiger partial charge is 0.385 e. The maximum absolute atomic E-state index is 11.3. The highest BCUT2D eigenvalue weighted by Crippen LogP contribution is 2.07. The van der Waals surface area contributed by atoms with Crippen LogP contribution in [0.3, 0.4) is 0 Å². The molecular weight excluding hydrogens is 180 g/mol. The second-order valence-corrected chi connectivity index (χ2v) is 3.13. The van der Waals surface area contributed by atoms with Gasteiger partial charge in [0.15, 0.2) is 11.6 Å². The lowest BCUT2D eigenvalue weighted by molar-refractivity contribution is -0.130. The number of hydrogen-bond donors (Lipinski definition) is 1. The first-order valence-corrected chi connectivity index (χ1v) is 4.37. The third kappa shape index (κ3) is 2.78. The van der Waals surface area contributed by atoms with Crippen molar-refractivity contribution in [1.29, 1.82) is 0 Å². The molecule has 3 heteroatoms. The van der Waals surface area contributed by atoms with Gasteiger partial charge in [-0.25, -0.2) is 0 Å². The van der Waals surface area contributed by atoms with E-state index < -0.39 is 6.10 Å². The first-order chi connectivity index (χ1) is 6.61. The molecular formula is C11H12O3. The van der Waals surface area contributed by atoms with Crippen LogP contribution in [0.1, 0.15) is 12.8 Å². The number of rotatable bonds is 0. The minimum atomic E-state index is -1.20. The SMILES string of the molecule is C=C1/C=C\C=C/CC(=O)C(O)CC1=O. The number of aliphatic hydroxyl groups is 1. The van der Waals surface area contributed by atoms with Gasteiger partial charge in [-0.1, -0.05) is 30.9 Å².